The highest BCUT2D eigenvalue weighted by Crippen LogP contribution is 2.18. The van der Waals surface area contributed by atoms with E-state index in [-0.39, 0.29) is 0 Å². The SMILES string of the molecule is CN(Cc1ccc(Br)cc1)c1cccc(C(N)=S)c1. The molecule has 0 atom stereocenters. The lowest BCUT2D eigenvalue weighted by atomic mass is 10.1. The predicted molar refractivity (Wildman–Crippen MR) is 88.6 cm³/mol. The molecule has 98 valence electrons. The minimum absolute atomic E-state index is 0.430. The number of rotatable bonds is 4. The number of benzene rings is 2. The zero-order valence-electron chi connectivity index (χ0n) is 10.6. The van der Waals surface area contributed by atoms with Gasteiger partial charge >= 0.3 is 0 Å². The first-order chi connectivity index (χ1) is 9.06. The first kappa shape index (κ1) is 14.0. The molecule has 2 rings (SSSR count). The topological polar surface area (TPSA) is 29.3 Å². The Balaban J connectivity index is 2.15. The van der Waals surface area contributed by atoms with Crippen molar-refractivity contribution in [1.82, 2.24) is 0 Å². The molecule has 0 aliphatic carbocycles. The Hall–Kier alpha value is -1.39. The van der Waals surface area contributed by atoms with Crippen LogP contribution in [0.15, 0.2) is 53.0 Å². The Morgan fingerprint density at radius 1 is 1.21 bits per heavy atom. The summed E-state index contributed by atoms with van der Waals surface area (Å²) in [6, 6.07) is 16.3. The molecule has 0 spiro atoms. The van der Waals surface area contributed by atoms with E-state index in [0.29, 0.717) is 4.99 Å². The van der Waals surface area contributed by atoms with Gasteiger partial charge in [0.2, 0.25) is 0 Å². The third kappa shape index (κ3) is 3.78. The van der Waals surface area contributed by atoms with Crippen molar-refractivity contribution in [2.75, 3.05) is 11.9 Å². The van der Waals surface area contributed by atoms with Crippen LogP contribution < -0.4 is 10.6 Å². The fourth-order valence-corrected chi connectivity index (χ4v) is 2.24. The molecule has 2 aromatic rings. The summed E-state index contributed by atoms with van der Waals surface area (Å²) in [4.78, 5) is 2.60. The fourth-order valence-electron chi connectivity index (χ4n) is 1.85. The molecule has 0 heterocycles. The lowest BCUT2D eigenvalue weighted by molar-refractivity contribution is 0.922. The van der Waals surface area contributed by atoms with Crippen LogP contribution in [-0.2, 0) is 6.54 Å². The second kappa shape index (κ2) is 6.17. The van der Waals surface area contributed by atoms with Gasteiger partial charge < -0.3 is 10.6 Å². The molecule has 19 heavy (non-hydrogen) atoms. The molecule has 4 heteroatoms. The van der Waals surface area contributed by atoms with Gasteiger partial charge in [0.1, 0.15) is 4.99 Å². The number of anilines is 1. The quantitative estimate of drug-likeness (QED) is 0.864. The van der Waals surface area contributed by atoms with Crippen molar-refractivity contribution in [3.8, 4) is 0 Å². The molecule has 0 amide bonds. The van der Waals surface area contributed by atoms with Crippen LogP contribution >= 0.6 is 28.1 Å². The van der Waals surface area contributed by atoms with Crippen LogP contribution in [0.5, 0.6) is 0 Å². The first-order valence-electron chi connectivity index (χ1n) is 5.92. The molecular weight excluding hydrogens is 320 g/mol. The van der Waals surface area contributed by atoms with Gasteiger partial charge in [-0.25, -0.2) is 0 Å². The molecule has 0 saturated heterocycles. The molecule has 0 saturated carbocycles. The highest BCUT2D eigenvalue weighted by atomic mass is 79.9. The summed E-state index contributed by atoms with van der Waals surface area (Å²) >= 11 is 8.45. The fraction of sp³-hybridized carbons (Fsp3) is 0.133. The van der Waals surface area contributed by atoms with Gasteiger partial charge in [-0.15, -0.1) is 0 Å². The normalized spacial score (nSPS) is 10.2. The lowest BCUT2D eigenvalue weighted by Crippen LogP contribution is -2.17. The standard InChI is InChI=1S/C15H15BrN2S/c1-18(10-11-5-7-13(16)8-6-11)14-4-2-3-12(9-14)15(17)19/h2-9H,10H2,1H3,(H2,17,19). The summed E-state index contributed by atoms with van der Waals surface area (Å²) in [6.45, 7) is 0.841. The monoisotopic (exact) mass is 334 g/mol. The van der Waals surface area contributed by atoms with Crippen LogP contribution in [0.1, 0.15) is 11.1 Å². The summed E-state index contributed by atoms with van der Waals surface area (Å²) in [5.41, 5.74) is 8.92. The summed E-state index contributed by atoms with van der Waals surface area (Å²) in [5, 5.41) is 0. The smallest absolute Gasteiger partial charge is 0.104 e. The van der Waals surface area contributed by atoms with E-state index < -0.39 is 0 Å². The van der Waals surface area contributed by atoms with Crippen LogP contribution in [0.4, 0.5) is 5.69 Å². The Morgan fingerprint density at radius 2 is 1.89 bits per heavy atom. The minimum atomic E-state index is 0.430. The van der Waals surface area contributed by atoms with E-state index in [4.69, 9.17) is 18.0 Å². The van der Waals surface area contributed by atoms with Crippen LogP contribution in [0.2, 0.25) is 0 Å². The van der Waals surface area contributed by atoms with Crippen molar-refractivity contribution in [3.63, 3.8) is 0 Å². The van der Waals surface area contributed by atoms with Gasteiger partial charge in [0.25, 0.3) is 0 Å². The van der Waals surface area contributed by atoms with E-state index in [1.54, 1.807) is 0 Å². The number of hydrogen-bond donors (Lipinski definition) is 1. The molecule has 2 aromatic carbocycles. The summed E-state index contributed by atoms with van der Waals surface area (Å²) in [7, 11) is 2.06. The van der Waals surface area contributed by atoms with Gasteiger partial charge in [-0.2, -0.15) is 0 Å². The van der Waals surface area contributed by atoms with E-state index in [1.165, 1.54) is 5.56 Å². The second-order valence-corrected chi connectivity index (χ2v) is 5.75. The van der Waals surface area contributed by atoms with E-state index in [0.717, 1.165) is 22.3 Å². The van der Waals surface area contributed by atoms with E-state index in [1.807, 2.05) is 18.2 Å². The van der Waals surface area contributed by atoms with Crippen molar-refractivity contribution in [3.05, 3.63) is 64.1 Å². The van der Waals surface area contributed by atoms with E-state index in [9.17, 15) is 0 Å². The highest BCUT2D eigenvalue weighted by molar-refractivity contribution is 9.10. The maximum atomic E-state index is 5.66. The molecule has 0 radical (unpaired) electrons. The third-order valence-electron chi connectivity index (χ3n) is 2.90. The third-order valence-corrected chi connectivity index (χ3v) is 3.67. The Morgan fingerprint density at radius 3 is 2.53 bits per heavy atom. The largest absolute Gasteiger partial charge is 0.389 e. The Kier molecular flexibility index (Phi) is 4.56. The van der Waals surface area contributed by atoms with Crippen LogP contribution in [-0.4, -0.2) is 12.0 Å². The molecule has 2 nitrogen and oxygen atoms in total. The predicted octanol–water partition coefficient (Wildman–Crippen LogP) is 3.72. The Bertz CT molecular complexity index is 581. The van der Waals surface area contributed by atoms with Gasteiger partial charge in [-0.05, 0) is 29.8 Å². The van der Waals surface area contributed by atoms with Crippen molar-refractivity contribution in [1.29, 1.82) is 0 Å². The molecule has 0 aliphatic rings. The zero-order valence-corrected chi connectivity index (χ0v) is 13.0. The van der Waals surface area contributed by atoms with Crippen molar-refractivity contribution in [2.24, 2.45) is 5.73 Å². The van der Waals surface area contributed by atoms with Gasteiger partial charge in [-0.1, -0.05) is 52.4 Å². The molecule has 0 fully saturated rings. The van der Waals surface area contributed by atoms with Crippen LogP contribution in [0.25, 0.3) is 0 Å². The van der Waals surface area contributed by atoms with Gasteiger partial charge in [-0.3, -0.25) is 0 Å². The van der Waals surface area contributed by atoms with Crippen molar-refractivity contribution < 1.29 is 0 Å². The lowest BCUT2D eigenvalue weighted by Gasteiger charge is -2.20. The summed E-state index contributed by atoms with van der Waals surface area (Å²) < 4.78 is 1.09. The van der Waals surface area contributed by atoms with Gasteiger partial charge in [0.05, 0.1) is 0 Å². The molecule has 0 bridgehead atoms. The number of hydrogen-bond acceptors (Lipinski definition) is 2. The minimum Gasteiger partial charge on any atom is -0.389 e. The molecule has 2 N–H and O–H groups in total. The van der Waals surface area contributed by atoms with Gasteiger partial charge in [0, 0.05) is 29.3 Å². The van der Waals surface area contributed by atoms with Gasteiger partial charge in [0.15, 0.2) is 0 Å². The number of nitrogens with zero attached hydrogens (tertiary/aromatic N) is 1. The maximum Gasteiger partial charge on any atom is 0.104 e. The van der Waals surface area contributed by atoms with Crippen molar-refractivity contribution >= 4 is 38.8 Å². The van der Waals surface area contributed by atoms with Crippen LogP contribution in [0, 0.1) is 0 Å². The molecule has 0 unspecified atom stereocenters. The maximum absolute atomic E-state index is 5.66. The highest BCUT2D eigenvalue weighted by Gasteiger charge is 2.04. The summed E-state index contributed by atoms with van der Waals surface area (Å²) in [5.74, 6) is 0. The average Bonchev–Trinajstić information content (AvgIpc) is 2.41. The van der Waals surface area contributed by atoms with E-state index in [2.05, 4.69) is 58.2 Å². The Labute approximate surface area is 127 Å². The van der Waals surface area contributed by atoms with Crippen molar-refractivity contribution in [2.45, 2.75) is 6.54 Å². The average molecular weight is 335 g/mol. The molecule has 0 aromatic heterocycles. The number of thiocarbonyl (C=S) groups is 1. The number of nitrogens with two attached hydrogens (primary N) is 1. The van der Waals surface area contributed by atoms with Crippen LogP contribution in [0.3, 0.4) is 0 Å². The number of halogens is 1. The second-order valence-electron chi connectivity index (χ2n) is 4.40. The first-order valence-corrected chi connectivity index (χ1v) is 7.12. The molecular formula is C15H15BrN2S. The summed E-state index contributed by atoms with van der Waals surface area (Å²) in [6.07, 6.45) is 0. The molecule has 0 aliphatic heterocycles. The van der Waals surface area contributed by atoms with E-state index >= 15 is 0 Å². The zero-order chi connectivity index (χ0) is 13.8.